The van der Waals surface area contributed by atoms with Crippen LogP contribution in [0.4, 0.5) is 0 Å². The van der Waals surface area contributed by atoms with Crippen LogP contribution >= 0.6 is 0 Å². The molecule has 134 valence electrons. The zero-order valence-electron chi connectivity index (χ0n) is 15.3. The molecule has 0 heterocycles. The maximum absolute atomic E-state index is 12.4. The average Bonchev–Trinajstić information content (AvgIpc) is 2.54. The highest BCUT2D eigenvalue weighted by Crippen LogP contribution is 2.19. The minimum Gasteiger partial charge on any atom is -0.395 e. The monoisotopic (exact) mass is 332 g/mol. The van der Waals surface area contributed by atoms with Gasteiger partial charge >= 0.3 is 0 Å². The number of aliphatic hydroxyl groups is 1. The van der Waals surface area contributed by atoms with Crippen LogP contribution in [0.5, 0.6) is 0 Å². The molecule has 0 aromatic rings. The third-order valence-electron chi connectivity index (χ3n) is 4.49. The minimum absolute atomic E-state index is 0.0486. The fraction of sp³-hybridized carbons (Fsp3) is 1.00. The van der Waals surface area contributed by atoms with E-state index in [0.29, 0.717) is 5.25 Å². The highest BCUT2D eigenvalue weighted by molar-refractivity contribution is 7.86. The minimum atomic E-state index is -0.867. The molecule has 0 rings (SSSR count). The molecule has 3 unspecified atom stereocenters. The fourth-order valence-electron chi connectivity index (χ4n) is 2.89. The Morgan fingerprint density at radius 2 is 1.23 bits per heavy atom. The van der Waals surface area contributed by atoms with E-state index in [4.69, 9.17) is 0 Å². The molecule has 0 bridgehead atoms. The summed E-state index contributed by atoms with van der Waals surface area (Å²) in [6, 6.07) is 0. The second-order valence-corrected chi connectivity index (χ2v) is 8.83. The van der Waals surface area contributed by atoms with Gasteiger partial charge in [0.05, 0.1) is 11.9 Å². The zero-order valence-corrected chi connectivity index (χ0v) is 16.1. The lowest BCUT2D eigenvalue weighted by Gasteiger charge is -2.19. The summed E-state index contributed by atoms with van der Waals surface area (Å²) in [4.78, 5) is 0. The van der Waals surface area contributed by atoms with Crippen LogP contribution in [0.1, 0.15) is 104 Å². The number of hydrogen-bond acceptors (Lipinski definition) is 2. The lowest BCUT2D eigenvalue weighted by atomic mass is 10.0. The average molecular weight is 333 g/mol. The van der Waals surface area contributed by atoms with Crippen molar-refractivity contribution in [2.45, 2.75) is 115 Å². The summed E-state index contributed by atoms with van der Waals surface area (Å²) < 4.78 is 12.4. The lowest BCUT2D eigenvalue weighted by molar-refractivity contribution is 0.297. The SMILES string of the molecule is CCCCCCCCCCCC(CCCC)S(=O)C(C)CO. The Balaban J connectivity index is 3.77. The molecule has 0 saturated carbocycles. The van der Waals surface area contributed by atoms with Gasteiger partial charge in [-0.1, -0.05) is 84.5 Å². The molecule has 0 fully saturated rings. The van der Waals surface area contributed by atoms with Gasteiger partial charge in [-0.05, 0) is 19.8 Å². The van der Waals surface area contributed by atoms with Crippen molar-refractivity contribution in [3.63, 3.8) is 0 Å². The van der Waals surface area contributed by atoms with Crippen molar-refractivity contribution < 1.29 is 9.32 Å². The zero-order chi connectivity index (χ0) is 16.6. The smallest absolute Gasteiger partial charge is 0.0572 e. The van der Waals surface area contributed by atoms with E-state index in [2.05, 4.69) is 13.8 Å². The molecular formula is C19H40O2S. The molecule has 3 heteroatoms. The Morgan fingerprint density at radius 3 is 1.73 bits per heavy atom. The molecule has 0 amide bonds. The summed E-state index contributed by atoms with van der Waals surface area (Å²) in [5, 5.41) is 9.45. The Labute approximate surface area is 141 Å². The second kappa shape index (κ2) is 16.0. The Morgan fingerprint density at radius 1 is 0.773 bits per heavy atom. The maximum Gasteiger partial charge on any atom is 0.0572 e. The van der Waals surface area contributed by atoms with Crippen LogP contribution in [-0.4, -0.2) is 26.4 Å². The van der Waals surface area contributed by atoms with Crippen LogP contribution in [0.15, 0.2) is 0 Å². The van der Waals surface area contributed by atoms with Gasteiger partial charge in [0, 0.05) is 16.0 Å². The Kier molecular flexibility index (Phi) is 16.1. The van der Waals surface area contributed by atoms with E-state index in [-0.39, 0.29) is 11.9 Å². The van der Waals surface area contributed by atoms with Gasteiger partial charge in [0.15, 0.2) is 0 Å². The number of hydrogen-bond donors (Lipinski definition) is 1. The first-order valence-electron chi connectivity index (χ1n) is 9.67. The van der Waals surface area contributed by atoms with Crippen molar-refractivity contribution in [1.29, 1.82) is 0 Å². The largest absolute Gasteiger partial charge is 0.395 e. The molecule has 1 N–H and O–H groups in total. The van der Waals surface area contributed by atoms with Crippen molar-refractivity contribution in [2.24, 2.45) is 0 Å². The number of unbranched alkanes of at least 4 members (excludes halogenated alkanes) is 9. The molecule has 0 aliphatic rings. The summed E-state index contributed by atoms with van der Waals surface area (Å²) in [5.41, 5.74) is 0. The van der Waals surface area contributed by atoms with E-state index in [9.17, 15) is 9.32 Å². The highest BCUT2D eigenvalue weighted by atomic mass is 32.2. The normalized spacial score (nSPS) is 15.6. The third-order valence-corrected chi connectivity index (χ3v) is 6.56. The second-order valence-electron chi connectivity index (χ2n) is 6.70. The van der Waals surface area contributed by atoms with Gasteiger partial charge in [0.1, 0.15) is 0 Å². The van der Waals surface area contributed by atoms with E-state index >= 15 is 0 Å². The summed E-state index contributed by atoms with van der Waals surface area (Å²) in [6.07, 6.45) is 16.5. The van der Waals surface area contributed by atoms with Crippen LogP contribution in [0.2, 0.25) is 0 Å². The standard InChI is InChI=1S/C19H40O2S/c1-4-6-8-9-10-11-12-13-14-16-19(15-7-5-2)22(21)18(3)17-20/h18-20H,4-17H2,1-3H3. The van der Waals surface area contributed by atoms with E-state index < -0.39 is 10.8 Å². The van der Waals surface area contributed by atoms with E-state index in [1.54, 1.807) is 0 Å². The molecule has 0 aromatic heterocycles. The lowest BCUT2D eigenvalue weighted by Crippen LogP contribution is -2.26. The molecule has 22 heavy (non-hydrogen) atoms. The van der Waals surface area contributed by atoms with Crippen molar-refractivity contribution in [2.75, 3.05) is 6.61 Å². The molecule has 0 aromatic carbocycles. The molecule has 2 nitrogen and oxygen atoms in total. The molecule has 0 radical (unpaired) electrons. The van der Waals surface area contributed by atoms with Crippen LogP contribution in [0, 0.1) is 0 Å². The van der Waals surface area contributed by atoms with Crippen molar-refractivity contribution >= 4 is 10.8 Å². The van der Waals surface area contributed by atoms with E-state index in [1.807, 2.05) is 6.92 Å². The first-order chi connectivity index (χ1) is 10.7. The molecule has 0 aliphatic heterocycles. The third kappa shape index (κ3) is 11.6. The molecule has 3 atom stereocenters. The van der Waals surface area contributed by atoms with Gasteiger partial charge in [0.25, 0.3) is 0 Å². The van der Waals surface area contributed by atoms with Gasteiger partial charge in [-0.15, -0.1) is 0 Å². The molecule has 0 saturated heterocycles. The van der Waals surface area contributed by atoms with Gasteiger partial charge in [-0.3, -0.25) is 4.21 Å². The topological polar surface area (TPSA) is 37.3 Å². The van der Waals surface area contributed by atoms with Crippen molar-refractivity contribution in [1.82, 2.24) is 0 Å². The highest BCUT2D eigenvalue weighted by Gasteiger charge is 2.20. The number of rotatable bonds is 16. The Hall–Kier alpha value is 0.110. The van der Waals surface area contributed by atoms with Crippen LogP contribution in [-0.2, 0) is 10.8 Å². The maximum atomic E-state index is 12.4. The summed E-state index contributed by atoms with van der Waals surface area (Å²) in [5.74, 6) is 0. The van der Waals surface area contributed by atoms with E-state index in [1.165, 1.54) is 64.2 Å². The van der Waals surface area contributed by atoms with Crippen LogP contribution < -0.4 is 0 Å². The van der Waals surface area contributed by atoms with Crippen LogP contribution in [0.25, 0.3) is 0 Å². The number of aliphatic hydroxyl groups excluding tert-OH is 1. The summed E-state index contributed by atoms with van der Waals surface area (Å²) >= 11 is 0. The first-order valence-corrected chi connectivity index (χ1v) is 10.9. The fourth-order valence-corrected chi connectivity index (χ4v) is 4.50. The summed E-state index contributed by atoms with van der Waals surface area (Å²) in [6.45, 7) is 6.41. The van der Waals surface area contributed by atoms with Crippen molar-refractivity contribution in [3.05, 3.63) is 0 Å². The quantitative estimate of drug-likeness (QED) is 0.374. The molecular weight excluding hydrogens is 292 g/mol. The predicted octanol–water partition coefficient (Wildman–Crippen LogP) is 5.60. The van der Waals surface area contributed by atoms with Crippen LogP contribution in [0.3, 0.4) is 0 Å². The molecule has 0 spiro atoms. The van der Waals surface area contributed by atoms with Crippen molar-refractivity contribution in [3.8, 4) is 0 Å². The first kappa shape index (κ1) is 22.1. The van der Waals surface area contributed by atoms with Gasteiger partial charge in [-0.25, -0.2) is 0 Å². The molecule has 0 aliphatic carbocycles. The van der Waals surface area contributed by atoms with Gasteiger partial charge in [0.2, 0.25) is 0 Å². The van der Waals surface area contributed by atoms with Gasteiger partial charge < -0.3 is 5.11 Å². The van der Waals surface area contributed by atoms with Gasteiger partial charge in [-0.2, -0.15) is 0 Å². The predicted molar refractivity (Wildman–Crippen MR) is 99.8 cm³/mol. The van der Waals surface area contributed by atoms with E-state index in [0.717, 1.165) is 19.3 Å². The summed E-state index contributed by atoms with van der Waals surface area (Å²) in [7, 11) is -0.867. The Bertz CT molecular complexity index is 256.